The van der Waals surface area contributed by atoms with Gasteiger partial charge in [-0.2, -0.15) is 0 Å². The number of hydrogen-bond acceptors (Lipinski definition) is 4. The van der Waals surface area contributed by atoms with Gasteiger partial charge in [0.25, 0.3) is 5.91 Å². The predicted molar refractivity (Wildman–Crippen MR) is 96.6 cm³/mol. The third-order valence-electron chi connectivity index (χ3n) is 3.82. The summed E-state index contributed by atoms with van der Waals surface area (Å²) < 4.78 is 0. The smallest absolute Gasteiger partial charge is 0.324 e. The Morgan fingerprint density at radius 2 is 1.96 bits per heavy atom. The van der Waals surface area contributed by atoms with Gasteiger partial charge in [-0.25, -0.2) is 4.79 Å². The van der Waals surface area contributed by atoms with Crippen LogP contribution in [0.4, 0.5) is 10.5 Å². The van der Waals surface area contributed by atoms with Crippen LogP contribution < -0.4 is 10.6 Å². The predicted octanol–water partition coefficient (Wildman–Crippen LogP) is 2.71. The quantitative estimate of drug-likeness (QED) is 0.638. The first kappa shape index (κ1) is 17.0. The molecule has 1 saturated heterocycles. The summed E-state index contributed by atoms with van der Waals surface area (Å²) in [6, 6.07) is 14.1. The average Bonchev–Trinajstić information content (AvgIpc) is 2.94. The molecular weight excluding hydrogens is 338 g/mol. The fourth-order valence-corrected chi connectivity index (χ4v) is 2.92. The van der Waals surface area contributed by atoms with Crippen LogP contribution >= 0.6 is 11.8 Å². The van der Waals surface area contributed by atoms with Crippen LogP contribution in [0.3, 0.4) is 0 Å². The Balaban J connectivity index is 1.66. The van der Waals surface area contributed by atoms with E-state index in [1.54, 1.807) is 36.0 Å². The van der Waals surface area contributed by atoms with E-state index < -0.39 is 0 Å². The number of benzene rings is 2. The van der Waals surface area contributed by atoms with Crippen molar-refractivity contribution in [3.05, 3.63) is 59.7 Å². The molecule has 0 unspecified atom stereocenters. The standard InChI is InChI=1S/C18H17N3O3S/c1-25-15-4-2-3-14(9-15)20-17(23)13-7-5-12(6-8-13)11-21-16(22)10-19-18(21)24/h2-9H,10-11H2,1H3,(H,19,24)(H,20,23). The minimum atomic E-state index is -0.388. The maximum absolute atomic E-state index is 12.3. The molecule has 2 N–H and O–H groups in total. The van der Waals surface area contributed by atoms with Gasteiger partial charge in [-0.05, 0) is 42.2 Å². The molecule has 0 bridgehead atoms. The minimum absolute atomic E-state index is 0.0361. The monoisotopic (exact) mass is 355 g/mol. The molecule has 1 aliphatic heterocycles. The van der Waals surface area contributed by atoms with Crippen molar-refractivity contribution in [1.29, 1.82) is 0 Å². The van der Waals surface area contributed by atoms with Gasteiger partial charge in [-0.3, -0.25) is 14.5 Å². The number of hydrogen-bond donors (Lipinski definition) is 2. The Bertz CT molecular complexity index is 805. The maximum Gasteiger partial charge on any atom is 0.324 e. The summed E-state index contributed by atoms with van der Waals surface area (Å²) in [5.74, 6) is -0.458. The summed E-state index contributed by atoms with van der Waals surface area (Å²) in [4.78, 5) is 37.7. The third kappa shape index (κ3) is 4.00. The van der Waals surface area contributed by atoms with Crippen molar-refractivity contribution in [3.8, 4) is 0 Å². The summed E-state index contributed by atoms with van der Waals surface area (Å²) >= 11 is 1.61. The molecule has 0 aromatic heterocycles. The van der Waals surface area contributed by atoms with Gasteiger partial charge in [0.1, 0.15) is 0 Å². The molecular formula is C18H17N3O3S. The molecule has 0 spiro atoms. The maximum atomic E-state index is 12.3. The lowest BCUT2D eigenvalue weighted by molar-refractivity contribution is -0.125. The van der Waals surface area contributed by atoms with Crippen LogP contribution in [0.1, 0.15) is 15.9 Å². The van der Waals surface area contributed by atoms with E-state index in [-0.39, 0.29) is 30.9 Å². The first-order valence-corrected chi connectivity index (χ1v) is 8.92. The fraction of sp³-hybridized carbons (Fsp3) is 0.167. The van der Waals surface area contributed by atoms with Crippen LogP contribution in [0.15, 0.2) is 53.4 Å². The van der Waals surface area contributed by atoms with E-state index >= 15 is 0 Å². The third-order valence-corrected chi connectivity index (χ3v) is 4.55. The first-order valence-electron chi connectivity index (χ1n) is 7.69. The summed E-state index contributed by atoms with van der Waals surface area (Å²) in [6.07, 6.45) is 1.98. The van der Waals surface area contributed by atoms with Crippen LogP contribution in [0.5, 0.6) is 0 Å². The Morgan fingerprint density at radius 1 is 1.20 bits per heavy atom. The molecule has 1 aliphatic rings. The highest BCUT2D eigenvalue weighted by atomic mass is 32.2. The minimum Gasteiger partial charge on any atom is -0.329 e. The van der Waals surface area contributed by atoms with E-state index in [4.69, 9.17) is 0 Å². The van der Waals surface area contributed by atoms with Crippen molar-refractivity contribution in [2.24, 2.45) is 0 Å². The molecule has 0 aliphatic carbocycles. The van der Waals surface area contributed by atoms with Crippen LogP contribution in [0.25, 0.3) is 0 Å². The molecule has 2 aromatic rings. The largest absolute Gasteiger partial charge is 0.329 e. The molecule has 0 atom stereocenters. The Kier molecular flexibility index (Phi) is 5.04. The summed E-state index contributed by atoms with van der Waals surface area (Å²) in [7, 11) is 0. The molecule has 25 heavy (non-hydrogen) atoms. The van der Waals surface area contributed by atoms with Crippen LogP contribution in [-0.2, 0) is 11.3 Å². The van der Waals surface area contributed by atoms with E-state index in [0.717, 1.165) is 21.0 Å². The Morgan fingerprint density at radius 3 is 2.60 bits per heavy atom. The van der Waals surface area contributed by atoms with Crippen molar-refractivity contribution in [2.45, 2.75) is 11.4 Å². The molecule has 1 fully saturated rings. The molecule has 0 saturated carbocycles. The number of nitrogens with one attached hydrogen (secondary N) is 2. The topological polar surface area (TPSA) is 78.5 Å². The second-order valence-electron chi connectivity index (χ2n) is 5.52. The van der Waals surface area contributed by atoms with Crippen LogP contribution in [0.2, 0.25) is 0 Å². The summed E-state index contributed by atoms with van der Waals surface area (Å²) in [5, 5.41) is 5.34. The summed E-state index contributed by atoms with van der Waals surface area (Å²) in [6.45, 7) is 0.233. The van der Waals surface area contributed by atoms with Crippen molar-refractivity contribution in [3.63, 3.8) is 0 Å². The average molecular weight is 355 g/mol. The molecule has 0 radical (unpaired) electrons. The van der Waals surface area contributed by atoms with Gasteiger partial charge in [0.15, 0.2) is 0 Å². The molecule has 7 heteroatoms. The van der Waals surface area contributed by atoms with E-state index in [1.807, 2.05) is 30.5 Å². The number of rotatable bonds is 5. The Labute approximate surface area is 149 Å². The number of urea groups is 1. The zero-order valence-corrected chi connectivity index (χ0v) is 14.4. The second-order valence-corrected chi connectivity index (χ2v) is 6.40. The van der Waals surface area contributed by atoms with Crippen LogP contribution in [-0.4, -0.2) is 35.5 Å². The van der Waals surface area contributed by atoms with Gasteiger partial charge in [-0.1, -0.05) is 18.2 Å². The van der Waals surface area contributed by atoms with E-state index in [0.29, 0.717) is 5.56 Å². The van der Waals surface area contributed by atoms with Gasteiger partial charge in [0.2, 0.25) is 5.91 Å². The SMILES string of the molecule is CSc1cccc(NC(=O)c2ccc(CN3C(=O)CNC3=O)cc2)c1. The van der Waals surface area contributed by atoms with Gasteiger partial charge in [0, 0.05) is 16.1 Å². The number of imide groups is 1. The van der Waals surface area contributed by atoms with Crippen molar-refractivity contribution < 1.29 is 14.4 Å². The second kappa shape index (κ2) is 7.40. The van der Waals surface area contributed by atoms with Crippen molar-refractivity contribution in [1.82, 2.24) is 10.2 Å². The first-order chi connectivity index (χ1) is 12.1. The van der Waals surface area contributed by atoms with Crippen molar-refractivity contribution in [2.75, 3.05) is 18.1 Å². The van der Waals surface area contributed by atoms with Crippen LogP contribution in [0, 0.1) is 0 Å². The molecule has 2 aromatic carbocycles. The lowest BCUT2D eigenvalue weighted by Gasteiger charge is -2.12. The molecule has 3 rings (SSSR count). The number of carbonyl (C=O) groups excluding carboxylic acids is 3. The van der Waals surface area contributed by atoms with Crippen molar-refractivity contribution >= 4 is 35.3 Å². The van der Waals surface area contributed by atoms with E-state index in [1.165, 1.54) is 0 Å². The van der Waals surface area contributed by atoms with E-state index in [2.05, 4.69) is 10.6 Å². The normalized spacial score (nSPS) is 13.7. The lowest BCUT2D eigenvalue weighted by Crippen LogP contribution is -2.30. The highest BCUT2D eigenvalue weighted by Gasteiger charge is 2.28. The molecule has 6 nitrogen and oxygen atoms in total. The van der Waals surface area contributed by atoms with Gasteiger partial charge >= 0.3 is 6.03 Å². The molecule has 4 amide bonds. The van der Waals surface area contributed by atoms with Gasteiger partial charge in [-0.15, -0.1) is 11.8 Å². The van der Waals surface area contributed by atoms with Gasteiger partial charge in [0.05, 0.1) is 13.1 Å². The molecule has 1 heterocycles. The zero-order valence-electron chi connectivity index (χ0n) is 13.6. The van der Waals surface area contributed by atoms with Gasteiger partial charge < -0.3 is 10.6 Å². The number of thioether (sulfide) groups is 1. The number of carbonyl (C=O) groups is 3. The highest BCUT2D eigenvalue weighted by Crippen LogP contribution is 2.19. The Hall–Kier alpha value is -2.80. The highest BCUT2D eigenvalue weighted by molar-refractivity contribution is 7.98. The number of anilines is 1. The number of nitrogens with zero attached hydrogens (tertiary/aromatic N) is 1. The number of amides is 4. The zero-order chi connectivity index (χ0) is 17.8. The molecule has 128 valence electrons. The summed E-state index contributed by atoms with van der Waals surface area (Å²) in [5.41, 5.74) is 2.03. The lowest BCUT2D eigenvalue weighted by atomic mass is 10.1. The fourth-order valence-electron chi connectivity index (χ4n) is 2.46. The van der Waals surface area contributed by atoms with E-state index in [9.17, 15) is 14.4 Å².